The average molecular weight is 310 g/mol. The Morgan fingerprint density at radius 2 is 1.21 bits per heavy atom. The summed E-state index contributed by atoms with van der Waals surface area (Å²) in [5.41, 5.74) is -2.74. The molecule has 0 bridgehead atoms. The molecule has 0 aliphatic heterocycles. The molecule has 0 atom stereocenters. The van der Waals surface area contributed by atoms with Gasteiger partial charge in [-0.25, -0.2) is 4.79 Å². The van der Waals surface area contributed by atoms with Gasteiger partial charge in [0.1, 0.15) is 0 Å². The van der Waals surface area contributed by atoms with Gasteiger partial charge in [-0.05, 0) is 0 Å². The standard InChI is InChI=1S/C6H8O7.In.3H/c7-3(8)1-6(13,5(11)12)2-4(9)10;;;;/h13H,1-2H2,(H,7,8)(H,9,10)(H,11,12);;;;. The maximum atomic E-state index is 10.3. The van der Waals surface area contributed by atoms with Crippen molar-refractivity contribution in [1.29, 1.82) is 0 Å². The van der Waals surface area contributed by atoms with E-state index in [0.717, 1.165) is 0 Å². The first kappa shape index (κ1) is 15.7. The molecule has 0 unspecified atom stereocenters. The van der Waals surface area contributed by atoms with Crippen molar-refractivity contribution in [2.45, 2.75) is 18.4 Å². The fourth-order valence-electron chi connectivity index (χ4n) is 0.714. The van der Waals surface area contributed by atoms with Crippen molar-refractivity contribution >= 4 is 43.8 Å². The minimum atomic E-state index is -2.74. The molecular weight excluding hydrogens is 299 g/mol. The summed E-state index contributed by atoms with van der Waals surface area (Å²) in [4.78, 5) is 30.5. The summed E-state index contributed by atoms with van der Waals surface area (Å²) in [6.45, 7) is 0. The zero-order chi connectivity index (χ0) is 10.6. The Morgan fingerprint density at radius 1 is 0.929 bits per heavy atom. The Bertz CT molecular complexity index is 233. The van der Waals surface area contributed by atoms with Crippen molar-refractivity contribution in [2.24, 2.45) is 0 Å². The van der Waals surface area contributed by atoms with Crippen LogP contribution < -0.4 is 0 Å². The number of carboxylic acids is 3. The van der Waals surface area contributed by atoms with E-state index in [2.05, 4.69) is 0 Å². The fourth-order valence-corrected chi connectivity index (χ4v) is 0.714. The first-order valence-electron chi connectivity index (χ1n) is 3.17. The monoisotopic (exact) mass is 310 g/mol. The van der Waals surface area contributed by atoms with Crippen molar-refractivity contribution in [3.63, 3.8) is 0 Å². The first-order chi connectivity index (χ1) is 5.78. The molecule has 14 heavy (non-hydrogen) atoms. The van der Waals surface area contributed by atoms with Gasteiger partial charge in [-0.1, -0.05) is 0 Å². The van der Waals surface area contributed by atoms with Crippen molar-refractivity contribution in [3.05, 3.63) is 0 Å². The fraction of sp³-hybridized carbons (Fsp3) is 0.500. The molecule has 0 rings (SSSR count). The van der Waals surface area contributed by atoms with Gasteiger partial charge < -0.3 is 20.4 Å². The molecule has 0 amide bonds. The molecule has 0 spiro atoms. The van der Waals surface area contributed by atoms with Gasteiger partial charge in [-0.2, -0.15) is 0 Å². The van der Waals surface area contributed by atoms with Gasteiger partial charge in [0.05, 0.1) is 12.8 Å². The number of aliphatic hydroxyl groups is 1. The van der Waals surface area contributed by atoms with E-state index in [0.29, 0.717) is 0 Å². The summed E-state index contributed by atoms with van der Waals surface area (Å²) in [5, 5.41) is 33.8. The summed E-state index contributed by atoms with van der Waals surface area (Å²) in [5.74, 6) is -5.02. The maximum absolute atomic E-state index is 10.3. The van der Waals surface area contributed by atoms with Crippen LogP contribution in [0, 0.1) is 0 Å². The molecule has 0 aromatic heterocycles. The van der Waals surface area contributed by atoms with E-state index in [9.17, 15) is 14.4 Å². The number of aliphatic carboxylic acids is 3. The van der Waals surface area contributed by atoms with Gasteiger partial charge in [0.15, 0.2) is 5.60 Å². The summed E-state index contributed by atoms with van der Waals surface area (Å²) >= 11 is 0. The third kappa shape index (κ3) is 5.07. The van der Waals surface area contributed by atoms with E-state index in [1.165, 1.54) is 0 Å². The molecule has 0 aliphatic carbocycles. The van der Waals surface area contributed by atoms with E-state index < -0.39 is 36.4 Å². The number of carboxylic acid groups (broad SMARTS) is 3. The van der Waals surface area contributed by atoms with Crippen molar-refractivity contribution < 1.29 is 34.8 Å². The Balaban J connectivity index is 0. The number of carbonyl (C=O) groups is 3. The average Bonchev–Trinajstić information content (AvgIpc) is 1.82. The molecule has 0 aromatic carbocycles. The van der Waals surface area contributed by atoms with Crippen LogP contribution in [0.5, 0.6) is 0 Å². The van der Waals surface area contributed by atoms with Crippen LogP contribution in [0.25, 0.3) is 0 Å². The van der Waals surface area contributed by atoms with Gasteiger partial charge in [-0.15, -0.1) is 0 Å². The molecule has 0 saturated heterocycles. The first-order valence-corrected chi connectivity index (χ1v) is 3.17. The third-order valence-electron chi connectivity index (χ3n) is 1.29. The van der Waals surface area contributed by atoms with E-state index in [4.69, 9.17) is 20.4 Å². The summed E-state index contributed by atoms with van der Waals surface area (Å²) in [6, 6.07) is 0. The Hall–Kier alpha value is -0.760. The van der Waals surface area contributed by atoms with E-state index >= 15 is 0 Å². The Labute approximate surface area is 97.1 Å². The summed E-state index contributed by atoms with van der Waals surface area (Å²) in [6.07, 6.45) is -2.29. The van der Waals surface area contributed by atoms with E-state index in [1.807, 2.05) is 0 Å². The number of hydrogen-bond acceptors (Lipinski definition) is 4. The molecule has 0 heterocycles. The van der Waals surface area contributed by atoms with Crippen LogP contribution in [0.15, 0.2) is 0 Å². The Morgan fingerprint density at radius 3 is 1.36 bits per heavy atom. The molecular formula is C6H11InO7. The predicted octanol–water partition coefficient (Wildman–Crippen LogP) is -2.43. The van der Waals surface area contributed by atoms with Crippen LogP contribution in [0.2, 0.25) is 0 Å². The van der Waals surface area contributed by atoms with Gasteiger partial charge in [0.25, 0.3) is 0 Å². The van der Waals surface area contributed by atoms with Gasteiger partial charge in [0.2, 0.25) is 0 Å². The van der Waals surface area contributed by atoms with Crippen LogP contribution >= 0.6 is 0 Å². The molecule has 7 nitrogen and oxygen atoms in total. The van der Waals surface area contributed by atoms with Crippen LogP contribution in [0.4, 0.5) is 0 Å². The zero-order valence-electron chi connectivity index (χ0n) is 6.43. The molecule has 4 N–H and O–H groups in total. The molecule has 8 heteroatoms. The second kappa shape index (κ2) is 5.86. The molecule has 0 aromatic rings. The van der Waals surface area contributed by atoms with Gasteiger partial charge in [0, 0.05) is 0 Å². The number of rotatable bonds is 5. The summed E-state index contributed by atoms with van der Waals surface area (Å²) in [7, 11) is 0. The second-order valence-electron chi connectivity index (χ2n) is 2.48. The van der Waals surface area contributed by atoms with Gasteiger partial charge in [-0.3, -0.25) is 9.59 Å². The SMILES string of the molecule is O=C(O)CC(O)(CC(=O)O)C(=O)O.[InH3]. The molecule has 80 valence electrons. The third-order valence-corrected chi connectivity index (χ3v) is 1.29. The summed E-state index contributed by atoms with van der Waals surface area (Å²) < 4.78 is 0. The van der Waals surface area contributed by atoms with Gasteiger partial charge >= 0.3 is 43.8 Å². The van der Waals surface area contributed by atoms with Crippen LogP contribution in [-0.4, -0.2) is 69.8 Å². The molecule has 0 radical (unpaired) electrons. The zero-order valence-corrected chi connectivity index (χ0v) is 6.43. The number of hydrogen-bond donors (Lipinski definition) is 4. The minimum absolute atomic E-state index is 0. The van der Waals surface area contributed by atoms with E-state index in [-0.39, 0.29) is 25.8 Å². The van der Waals surface area contributed by atoms with Crippen LogP contribution in [-0.2, 0) is 14.4 Å². The van der Waals surface area contributed by atoms with Crippen molar-refractivity contribution in [1.82, 2.24) is 0 Å². The normalized spacial score (nSPS) is 10.1. The van der Waals surface area contributed by atoms with Crippen molar-refractivity contribution in [2.75, 3.05) is 0 Å². The molecule has 0 fully saturated rings. The Kier molecular flexibility index (Phi) is 6.58. The second-order valence-corrected chi connectivity index (χ2v) is 2.48. The quantitative estimate of drug-likeness (QED) is 0.444. The van der Waals surface area contributed by atoms with Crippen molar-refractivity contribution in [3.8, 4) is 0 Å². The molecule has 0 aliphatic rings. The van der Waals surface area contributed by atoms with Crippen LogP contribution in [0.3, 0.4) is 0 Å². The van der Waals surface area contributed by atoms with Crippen LogP contribution in [0.1, 0.15) is 12.8 Å². The molecule has 0 saturated carbocycles. The predicted molar refractivity (Wildman–Crippen MR) is 47.0 cm³/mol. The van der Waals surface area contributed by atoms with E-state index in [1.54, 1.807) is 0 Å². The topological polar surface area (TPSA) is 132 Å².